The van der Waals surface area contributed by atoms with Crippen LogP contribution in [0.4, 0.5) is 0 Å². The highest BCUT2D eigenvalue weighted by Crippen LogP contribution is 2.26. The fourth-order valence-electron chi connectivity index (χ4n) is 1.79. The van der Waals surface area contributed by atoms with Gasteiger partial charge in [-0.25, -0.2) is 0 Å². The van der Waals surface area contributed by atoms with Crippen LogP contribution in [-0.2, 0) is 12.8 Å². The topological polar surface area (TPSA) is 21.3 Å². The SMILES string of the molecule is CNC(C)Cc1ccc2c(c1)OCC2. The van der Waals surface area contributed by atoms with Crippen LogP contribution in [0.2, 0.25) is 0 Å². The molecule has 2 heteroatoms. The van der Waals surface area contributed by atoms with E-state index >= 15 is 0 Å². The van der Waals surface area contributed by atoms with Crippen LogP contribution >= 0.6 is 0 Å². The van der Waals surface area contributed by atoms with Crippen LogP contribution in [0.1, 0.15) is 18.1 Å². The average Bonchev–Trinajstić information content (AvgIpc) is 2.64. The monoisotopic (exact) mass is 191 g/mol. The second kappa shape index (κ2) is 4.01. The fourth-order valence-corrected chi connectivity index (χ4v) is 1.79. The van der Waals surface area contributed by atoms with Crippen LogP contribution < -0.4 is 10.1 Å². The molecule has 0 saturated carbocycles. The van der Waals surface area contributed by atoms with E-state index in [-0.39, 0.29) is 0 Å². The Balaban J connectivity index is 2.12. The molecule has 2 nitrogen and oxygen atoms in total. The Kier molecular flexibility index (Phi) is 2.73. The van der Waals surface area contributed by atoms with E-state index in [2.05, 4.69) is 30.4 Å². The summed E-state index contributed by atoms with van der Waals surface area (Å²) in [6.07, 6.45) is 2.13. The van der Waals surface area contributed by atoms with Crippen molar-refractivity contribution >= 4 is 0 Å². The zero-order valence-electron chi connectivity index (χ0n) is 8.84. The van der Waals surface area contributed by atoms with Crippen molar-refractivity contribution in [3.8, 4) is 5.75 Å². The summed E-state index contributed by atoms with van der Waals surface area (Å²) in [5, 5.41) is 3.24. The average molecular weight is 191 g/mol. The molecule has 1 aromatic carbocycles. The molecule has 2 rings (SSSR count). The van der Waals surface area contributed by atoms with Gasteiger partial charge in [0.1, 0.15) is 5.75 Å². The van der Waals surface area contributed by atoms with E-state index in [1.807, 2.05) is 7.05 Å². The number of hydrogen-bond donors (Lipinski definition) is 1. The first kappa shape index (κ1) is 9.53. The molecule has 0 spiro atoms. The summed E-state index contributed by atoms with van der Waals surface area (Å²) in [6, 6.07) is 7.10. The van der Waals surface area contributed by atoms with Gasteiger partial charge in [-0.1, -0.05) is 12.1 Å². The smallest absolute Gasteiger partial charge is 0.122 e. The molecule has 0 radical (unpaired) electrons. The summed E-state index contributed by atoms with van der Waals surface area (Å²) in [7, 11) is 1.99. The standard InChI is InChI=1S/C12H17NO/c1-9(13-2)7-10-3-4-11-5-6-14-12(11)8-10/h3-4,8-9,13H,5-7H2,1-2H3. The molecule has 1 unspecified atom stereocenters. The summed E-state index contributed by atoms with van der Waals surface area (Å²) in [6.45, 7) is 3.04. The summed E-state index contributed by atoms with van der Waals surface area (Å²) in [5.41, 5.74) is 2.71. The first-order chi connectivity index (χ1) is 6.79. The van der Waals surface area contributed by atoms with Crippen LogP contribution in [0, 0.1) is 0 Å². The molecule has 0 fully saturated rings. The lowest BCUT2D eigenvalue weighted by molar-refractivity contribution is 0.356. The Labute approximate surface area is 85.3 Å². The Hall–Kier alpha value is -1.02. The number of rotatable bonds is 3. The van der Waals surface area contributed by atoms with Crippen molar-refractivity contribution < 1.29 is 4.74 Å². The minimum absolute atomic E-state index is 0.523. The zero-order chi connectivity index (χ0) is 9.97. The first-order valence-corrected chi connectivity index (χ1v) is 5.21. The minimum Gasteiger partial charge on any atom is -0.493 e. The van der Waals surface area contributed by atoms with E-state index in [9.17, 15) is 0 Å². The molecule has 0 aromatic heterocycles. The normalized spacial score (nSPS) is 16.1. The first-order valence-electron chi connectivity index (χ1n) is 5.21. The summed E-state index contributed by atoms with van der Waals surface area (Å²) < 4.78 is 5.53. The molecule has 1 aliphatic heterocycles. The predicted molar refractivity (Wildman–Crippen MR) is 57.9 cm³/mol. The molecule has 0 bridgehead atoms. The van der Waals surface area contributed by atoms with E-state index < -0.39 is 0 Å². The molecule has 1 atom stereocenters. The summed E-state index contributed by atoms with van der Waals surface area (Å²) in [5.74, 6) is 1.09. The molecular weight excluding hydrogens is 174 g/mol. The van der Waals surface area contributed by atoms with Crippen molar-refractivity contribution in [1.82, 2.24) is 5.32 Å². The fraction of sp³-hybridized carbons (Fsp3) is 0.500. The van der Waals surface area contributed by atoms with Gasteiger partial charge in [-0.2, -0.15) is 0 Å². The van der Waals surface area contributed by atoms with Crippen molar-refractivity contribution in [2.75, 3.05) is 13.7 Å². The highest BCUT2D eigenvalue weighted by Gasteiger charge is 2.12. The largest absolute Gasteiger partial charge is 0.493 e. The third-order valence-electron chi connectivity index (χ3n) is 2.80. The molecule has 14 heavy (non-hydrogen) atoms. The number of likely N-dealkylation sites (N-methyl/N-ethyl adjacent to an activating group) is 1. The molecule has 1 aromatic rings. The highest BCUT2D eigenvalue weighted by molar-refractivity contribution is 5.40. The van der Waals surface area contributed by atoms with Crippen LogP contribution in [-0.4, -0.2) is 19.7 Å². The maximum atomic E-state index is 5.53. The van der Waals surface area contributed by atoms with Gasteiger partial charge in [-0.3, -0.25) is 0 Å². The van der Waals surface area contributed by atoms with E-state index in [0.29, 0.717) is 6.04 Å². The maximum Gasteiger partial charge on any atom is 0.122 e. The van der Waals surface area contributed by atoms with Gasteiger partial charge in [0, 0.05) is 12.5 Å². The van der Waals surface area contributed by atoms with Gasteiger partial charge in [0.15, 0.2) is 0 Å². The number of fused-ring (bicyclic) bond motifs is 1. The second-order valence-corrected chi connectivity index (χ2v) is 3.93. The molecule has 0 amide bonds. The lowest BCUT2D eigenvalue weighted by atomic mass is 10.0. The van der Waals surface area contributed by atoms with Crippen LogP contribution in [0.3, 0.4) is 0 Å². The van der Waals surface area contributed by atoms with Crippen molar-refractivity contribution in [3.05, 3.63) is 29.3 Å². The van der Waals surface area contributed by atoms with Gasteiger partial charge in [0.25, 0.3) is 0 Å². The number of benzene rings is 1. The second-order valence-electron chi connectivity index (χ2n) is 3.93. The van der Waals surface area contributed by atoms with Gasteiger partial charge in [-0.05, 0) is 37.6 Å². The number of hydrogen-bond acceptors (Lipinski definition) is 2. The quantitative estimate of drug-likeness (QED) is 0.786. The molecule has 1 heterocycles. The number of nitrogens with one attached hydrogen (secondary N) is 1. The molecular formula is C12H17NO. The van der Waals surface area contributed by atoms with Crippen LogP contribution in [0.15, 0.2) is 18.2 Å². The zero-order valence-corrected chi connectivity index (χ0v) is 8.84. The predicted octanol–water partition coefficient (Wildman–Crippen LogP) is 1.77. The Morgan fingerprint density at radius 1 is 1.50 bits per heavy atom. The summed E-state index contributed by atoms with van der Waals surface area (Å²) >= 11 is 0. The van der Waals surface area contributed by atoms with Crippen molar-refractivity contribution in [2.45, 2.75) is 25.8 Å². The van der Waals surface area contributed by atoms with Crippen molar-refractivity contribution in [2.24, 2.45) is 0 Å². The molecule has 76 valence electrons. The molecule has 0 saturated heterocycles. The van der Waals surface area contributed by atoms with E-state index in [4.69, 9.17) is 4.74 Å². The lowest BCUT2D eigenvalue weighted by Gasteiger charge is -2.10. The molecule has 1 N–H and O–H groups in total. The van der Waals surface area contributed by atoms with E-state index in [0.717, 1.165) is 25.2 Å². The van der Waals surface area contributed by atoms with Crippen molar-refractivity contribution in [3.63, 3.8) is 0 Å². The van der Waals surface area contributed by atoms with Gasteiger partial charge < -0.3 is 10.1 Å². The molecule has 0 aliphatic carbocycles. The van der Waals surface area contributed by atoms with Crippen LogP contribution in [0.5, 0.6) is 5.75 Å². The minimum atomic E-state index is 0.523. The number of ether oxygens (including phenoxy) is 1. The Bertz CT molecular complexity index is 322. The lowest BCUT2D eigenvalue weighted by Crippen LogP contribution is -2.23. The van der Waals surface area contributed by atoms with Crippen LogP contribution in [0.25, 0.3) is 0 Å². The third-order valence-corrected chi connectivity index (χ3v) is 2.80. The van der Waals surface area contributed by atoms with Gasteiger partial charge in [0.05, 0.1) is 6.61 Å². The van der Waals surface area contributed by atoms with Gasteiger partial charge in [0.2, 0.25) is 0 Å². The van der Waals surface area contributed by atoms with Gasteiger partial charge in [-0.15, -0.1) is 0 Å². The van der Waals surface area contributed by atoms with E-state index in [1.165, 1.54) is 11.1 Å². The highest BCUT2D eigenvalue weighted by atomic mass is 16.5. The molecule has 1 aliphatic rings. The Morgan fingerprint density at radius 2 is 2.36 bits per heavy atom. The van der Waals surface area contributed by atoms with Gasteiger partial charge >= 0.3 is 0 Å². The van der Waals surface area contributed by atoms with Crippen molar-refractivity contribution in [1.29, 1.82) is 0 Å². The summed E-state index contributed by atoms with van der Waals surface area (Å²) in [4.78, 5) is 0. The van der Waals surface area contributed by atoms with E-state index in [1.54, 1.807) is 0 Å². The maximum absolute atomic E-state index is 5.53. The Morgan fingerprint density at radius 3 is 3.14 bits per heavy atom. The third kappa shape index (κ3) is 1.90.